The zero-order valence-electron chi connectivity index (χ0n) is 8.38. The minimum absolute atomic E-state index is 0.00579. The van der Waals surface area contributed by atoms with Gasteiger partial charge in [-0.15, -0.1) is 0 Å². The van der Waals surface area contributed by atoms with Gasteiger partial charge in [0.15, 0.2) is 6.29 Å². The van der Waals surface area contributed by atoms with Gasteiger partial charge in [-0.05, 0) is 25.8 Å². The Morgan fingerprint density at radius 1 is 1.47 bits per heavy atom. The van der Waals surface area contributed by atoms with Gasteiger partial charge in [0.2, 0.25) is 0 Å². The molecule has 0 unspecified atom stereocenters. The van der Waals surface area contributed by atoms with Crippen LogP contribution in [0.25, 0.3) is 0 Å². The third-order valence-electron chi connectivity index (χ3n) is 2.16. The second kappa shape index (κ2) is 4.90. The Balaban J connectivity index is 2.72. The molecule has 0 aromatic carbocycles. The zero-order valence-corrected chi connectivity index (χ0v) is 8.38. The number of hydrogen-bond donors (Lipinski definition) is 3. The van der Waals surface area contributed by atoms with E-state index in [-0.39, 0.29) is 5.70 Å². The van der Waals surface area contributed by atoms with E-state index in [9.17, 15) is 10.1 Å². The fourth-order valence-corrected chi connectivity index (χ4v) is 1.29. The van der Waals surface area contributed by atoms with E-state index < -0.39 is 17.3 Å². The van der Waals surface area contributed by atoms with Crippen LogP contribution in [-0.2, 0) is 0 Å². The predicted molar refractivity (Wildman–Crippen MR) is 53.2 cm³/mol. The average molecular weight is 214 g/mol. The van der Waals surface area contributed by atoms with Crippen LogP contribution in [0.4, 0.5) is 0 Å². The van der Waals surface area contributed by atoms with Gasteiger partial charge in [-0.2, -0.15) is 0 Å². The first-order chi connectivity index (χ1) is 7.02. The Labute approximate surface area is 87.1 Å². The summed E-state index contributed by atoms with van der Waals surface area (Å²) in [5, 5.41) is 31.1. The maximum Gasteiger partial charge on any atom is 0.288 e. The smallest absolute Gasteiger partial charge is 0.288 e. The van der Waals surface area contributed by atoms with E-state index >= 15 is 0 Å². The minimum atomic E-state index is -1.54. The van der Waals surface area contributed by atoms with Crippen molar-refractivity contribution in [2.24, 2.45) is 0 Å². The molecule has 0 radical (unpaired) electrons. The zero-order chi connectivity index (χ0) is 11.4. The molecule has 0 amide bonds. The molecule has 15 heavy (non-hydrogen) atoms. The first-order valence-electron chi connectivity index (χ1n) is 4.70. The molecule has 0 aromatic heterocycles. The molecule has 0 aliphatic heterocycles. The number of nitrogens with zero attached hydrogens (tertiary/aromatic N) is 1. The van der Waals surface area contributed by atoms with Crippen LogP contribution < -0.4 is 5.32 Å². The normalized spacial score (nSPS) is 18.1. The van der Waals surface area contributed by atoms with E-state index in [1.165, 1.54) is 13.0 Å². The number of rotatable bonds is 4. The molecule has 0 spiro atoms. The van der Waals surface area contributed by atoms with Crippen molar-refractivity contribution in [1.82, 2.24) is 5.32 Å². The Hall–Kier alpha value is -1.40. The predicted octanol–water partition coefficient (Wildman–Crippen LogP) is 0.114. The van der Waals surface area contributed by atoms with Crippen molar-refractivity contribution in [2.75, 3.05) is 0 Å². The van der Waals surface area contributed by atoms with Crippen LogP contribution in [0.5, 0.6) is 0 Å². The van der Waals surface area contributed by atoms with Gasteiger partial charge in [0.25, 0.3) is 5.70 Å². The minimum Gasteiger partial charge on any atom is -0.372 e. The van der Waals surface area contributed by atoms with Gasteiger partial charge in [0, 0.05) is 0 Å². The fourth-order valence-electron chi connectivity index (χ4n) is 1.29. The van der Waals surface area contributed by atoms with E-state index in [4.69, 9.17) is 10.2 Å². The largest absolute Gasteiger partial charge is 0.372 e. The van der Waals surface area contributed by atoms with E-state index in [1.807, 2.05) is 0 Å². The molecule has 1 aliphatic rings. The second-order valence-corrected chi connectivity index (χ2v) is 3.39. The summed E-state index contributed by atoms with van der Waals surface area (Å²) in [5.41, 5.74) is 0.348. The summed E-state index contributed by atoms with van der Waals surface area (Å²) in [6.45, 7) is 1.54. The highest BCUT2D eigenvalue weighted by Crippen LogP contribution is 2.17. The van der Waals surface area contributed by atoms with E-state index in [0.717, 1.165) is 0 Å². The quantitative estimate of drug-likeness (QED) is 0.351. The molecular weight excluding hydrogens is 200 g/mol. The number of allylic oxidation sites excluding steroid dienone is 2. The number of nitrogens with one attached hydrogen (secondary N) is 1. The monoisotopic (exact) mass is 214 g/mol. The standard InChI is InChI=1S/C9H14N2O4/c1-6(9(12)13)10-7-4-2-3-5-8(7)11(14)15/h4-6,9-10,12-13H,2-3H2,1H3/t6-/m0/s1. The highest BCUT2D eigenvalue weighted by Gasteiger charge is 2.22. The molecule has 0 bridgehead atoms. The lowest BCUT2D eigenvalue weighted by atomic mass is 10.1. The summed E-state index contributed by atoms with van der Waals surface area (Å²) in [6.07, 6.45) is 3.03. The molecule has 6 heteroatoms. The van der Waals surface area contributed by atoms with Crippen LogP contribution in [0.2, 0.25) is 0 Å². The lowest BCUT2D eigenvalue weighted by Gasteiger charge is -2.19. The molecule has 6 nitrogen and oxygen atoms in total. The maximum atomic E-state index is 10.6. The Kier molecular flexibility index (Phi) is 3.81. The van der Waals surface area contributed by atoms with Gasteiger partial charge < -0.3 is 15.5 Å². The summed E-state index contributed by atoms with van der Waals surface area (Å²) in [4.78, 5) is 10.2. The van der Waals surface area contributed by atoms with Crippen molar-refractivity contribution in [3.63, 3.8) is 0 Å². The summed E-state index contributed by atoms with van der Waals surface area (Å²) >= 11 is 0. The maximum absolute atomic E-state index is 10.6. The van der Waals surface area contributed by atoms with Crippen LogP contribution >= 0.6 is 0 Å². The molecule has 0 saturated heterocycles. The van der Waals surface area contributed by atoms with Gasteiger partial charge in [0.1, 0.15) is 5.70 Å². The van der Waals surface area contributed by atoms with Gasteiger partial charge in [-0.25, -0.2) is 0 Å². The van der Waals surface area contributed by atoms with Crippen molar-refractivity contribution in [3.05, 3.63) is 33.7 Å². The number of hydrogen-bond acceptors (Lipinski definition) is 5. The van der Waals surface area contributed by atoms with Crippen molar-refractivity contribution in [1.29, 1.82) is 0 Å². The topological polar surface area (TPSA) is 95.6 Å². The lowest BCUT2D eigenvalue weighted by molar-refractivity contribution is -0.422. The second-order valence-electron chi connectivity index (χ2n) is 3.39. The van der Waals surface area contributed by atoms with Crippen molar-refractivity contribution in [2.45, 2.75) is 32.1 Å². The van der Waals surface area contributed by atoms with Crippen LogP contribution in [0.15, 0.2) is 23.5 Å². The first kappa shape index (κ1) is 11.7. The van der Waals surface area contributed by atoms with Crippen molar-refractivity contribution < 1.29 is 15.1 Å². The molecule has 0 aromatic rings. The van der Waals surface area contributed by atoms with Gasteiger partial charge in [-0.1, -0.05) is 6.08 Å². The van der Waals surface area contributed by atoms with Crippen LogP contribution in [0.3, 0.4) is 0 Å². The molecule has 0 fully saturated rings. The SMILES string of the molecule is C[C@H](NC1=CCCC=C1[N+](=O)[O-])C(O)O. The van der Waals surface area contributed by atoms with Crippen LogP contribution in [0, 0.1) is 10.1 Å². The summed E-state index contributed by atoms with van der Waals surface area (Å²) in [5.74, 6) is 0. The van der Waals surface area contributed by atoms with E-state index in [1.54, 1.807) is 6.08 Å². The van der Waals surface area contributed by atoms with Gasteiger partial charge >= 0.3 is 0 Å². The van der Waals surface area contributed by atoms with Gasteiger partial charge in [0.05, 0.1) is 11.0 Å². The highest BCUT2D eigenvalue weighted by atomic mass is 16.6. The molecule has 0 saturated carbocycles. The lowest BCUT2D eigenvalue weighted by Crippen LogP contribution is -2.38. The first-order valence-corrected chi connectivity index (χ1v) is 4.70. The van der Waals surface area contributed by atoms with Crippen LogP contribution in [0.1, 0.15) is 19.8 Å². The fraction of sp³-hybridized carbons (Fsp3) is 0.556. The third kappa shape index (κ3) is 3.03. The molecule has 1 rings (SSSR count). The summed E-state index contributed by atoms with van der Waals surface area (Å²) in [7, 11) is 0. The number of aliphatic hydroxyl groups is 2. The van der Waals surface area contributed by atoms with Gasteiger partial charge in [-0.3, -0.25) is 10.1 Å². The molecule has 1 aliphatic carbocycles. The van der Waals surface area contributed by atoms with E-state index in [0.29, 0.717) is 18.5 Å². The summed E-state index contributed by atoms with van der Waals surface area (Å²) < 4.78 is 0. The highest BCUT2D eigenvalue weighted by molar-refractivity contribution is 5.27. The third-order valence-corrected chi connectivity index (χ3v) is 2.16. The Morgan fingerprint density at radius 2 is 2.07 bits per heavy atom. The molecule has 0 heterocycles. The Morgan fingerprint density at radius 3 is 2.60 bits per heavy atom. The molecule has 3 N–H and O–H groups in total. The van der Waals surface area contributed by atoms with Crippen LogP contribution in [-0.4, -0.2) is 27.5 Å². The Bertz CT molecular complexity index is 309. The number of aliphatic hydroxyl groups excluding tert-OH is 1. The van der Waals surface area contributed by atoms with Crippen molar-refractivity contribution >= 4 is 0 Å². The van der Waals surface area contributed by atoms with Crippen molar-refractivity contribution in [3.8, 4) is 0 Å². The summed E-state index contributed by atoms with van der Waals surface area (Å²) in [6, 6.07) is -0.641. The average Bonchev–Trinajstić information content (AvgIpc) is 2.18. The number of nitro groups is 1. The molecular formula is C9H14N2O4. The van der Waals surface area contributed by atoms with E-state index in [2.05, 4.69) is 5.32 Å². The molecule has 1 atom stereocenters. The molecule has 84 valence electrons.